The van der Waals surface area contributed by atoms with E-state index in [1.807, 2.05) is 11.3 Å². The number of carbonyl (C=O) groups excluding carboxylic acids is 1. The molecule has 1 aliphatic heterocycles. The minimum Gasteiger partial charge on any atom is -0.478 e. The number of para-hydroxylation sites is 1. The second kappa shape index (κ2) is 5.55. The fraction of sp³-hybridized carbons (Fsp3) is 0.188. The number of fused-ring (bicyclic) bond motifs is 2. The molecule has 0 fully saturated rings. The molecule has 0 aliphatic carbocycles. The summed E-state index contributed by atoms with van der Waals surface area (Å²) in [5.41, 5.74) is 2.73. The van der Waals surface area contributed by atoms with Crippen LogP contribution < -0.4 is 9.64 Å². The number of anilines is 1. The minimum absolute atomic E-state index is 0.103. The molecule has 0 N–H and O–H groups in total. The first-order valence-electron chi connectivity index (χ1n) is 7.25. The molecule has 0 atom stereocenters. The number of amides is 1. The Morgan fingerprint density at radius 3 is 3.08 bits per heavy atom. The van der Waals surface area contributed by atoms with Gasteiger partial charge in [-0.05, 0) is 35.0 Å². The minimum atomic E-state index is -0.480. The van der Waals surface area contributed by atoms with Crippen molar-refractivity contribution >= 4 is 33.2 Å². The number of hydrogen-bond acceptors (Lipinski definition) is 4. The standard InChI is InChI=1S/C16H12BrFN4O2/c1-9-12(21-7-13(17)19-5-14(21)20-9)6-22-11-4-2-3-10(18)16(11)24-8-15(22)23/h2-5,7H,6,8H2,1H3. The van der Waals surface area contributed by atoms with Crippen molar-refractivity contribution in [2.24, 2.45) is 0 Å². The van der Waals surface area contributed by atoms with Gasteiger partial charge in [-0.2, -0.15) is 0 Å². The maximum atomic E-state index is 13.9. The molecule has 4 rings (SSSR count). The van der Waals surface area contributed by atoms with E-state index in [9.17, 15) is 9.18 Å². The molecule has 0 saturated carbocycles. The molecule has 3 aromatic rings. The van der Waals surface area contributed by atoms with Crippen molar-refractivity contribution in [3.63, 3.8) is 0 Å². The van der Waals surface area contributed by atoms with E-state index in [1.54, 1.807) is 24.5 Å². The molecule has 24 heavy (non-hydrogen) atoms. The van der Waals surface area contributed by atoms with Crippen LogP contribution in [-0.2, 0) is 11.3 Å². The third-order valence-electron chi connectivity index (χ3n) is 3.96. The van der Waals surface area contributed by atoms with Crippen molar-refractivity contribution in [3.05, 3.63) is 52.4 Å². The number of hydrogen-bond donors (Lipinski definition) is 0. The van der Waals surface area contributed by atoms with E-state index < -0.39 is 5.82 Å². The van der Waals surface area contributed by atoms with Gasteiger partial charge in [-0.25, -0.2) is 14.4 Å². The Kier molecular flexibility index (Phi) is 3.49. The van der Waals surface area contributed by atoms with Gasteiger partial charge < -0.3 is 4.74 Å². The molecule has 2 aromatic heterocycles. The maximum absolute atomic E-state index is 13.9. The number of carbonyl (C=O) groups is 1. The Labute approximate surface area is 145 Å². The summed E-state index contributed by atoms with van der Waals surface area (Å²) in [4.78, 5) is 22.5. The molecule has 0 spiro atoms. The predicted octanol–water partition coefficient (Wildman–Crippen LogP) is 2.86. The van der Waals surface area contributed by atoms with Gasteiger partial charge in [0.25, 0.3) is 5.91 Å². The lowest BCUT2D eigenvalue weighted by atomic mass is 10.2. The monoisotopic (exact) mass is 390 g/mol. The van der Waals surface area contributed by atoms with Gasteiger partial charge in [0, 0.05) is 6.20 Å². The number of ether oxygens (including phenoxy) is 1. The highest BCUT2D eigenvalue weighted by Gasteiger charge is 2.29. The first kappa shape index (κ1) is 15.1. The summed E-state index contributed by atoms with van der Waals surface area (Å²) in [5, 5.41) is 0. The molecule has 0 radical (unpaired) electrons. The molecular weight excluding hydrogens is 379 g/mol. The van der Waals surface area contributed by atoms with Crippen LogP contribution in [0.3, 0.4) is 0 Å². The summed E-state index contributed by atoms with van der Waals surface area (Å²) >= 11 is 3.34. The van der Waals surface area contributed by atoms with Crippen molar-refractivity contribution in [3.8, 4) is 5.75 Å². The average molecular weight is 391 g/mol. The van der Waals surface area contributed by atoms with Crippen LogP contribution in [-0.4, -0.2) is 26.9 Å². The number of aromatic nitrogens is 3. The fourth-order valence-electron chi connectivity index (χ4n) is 2.81. The third kappa shape index (κ3) is 2.34. The van der Waals surface area contributed by atoms with Crippen molar-refractivity contribution in [1.29, 1.82) is 0 Å². The number of nitrogens with zero attached hydrogens (tertiary/aromatic N) is 4. The van der Waals surface area contributed by atoms with Crippen LogP contribution in [0.25, 0.3) is 5.65 Å². The molecule has 3 heterocycles. The van der Waals surface area contributed by atoms with E-state index in [0.29, 0.717) is 15.9 Å². The predicted molar refractivity (Wildman–Crippen MR) is 88.5 cm³/mol. The molecule has 0 bridgehead atoms. The zero-order chi connectivity index (χ0) is 16.8. The molecule has 6 nitrogen and oxygen atoms in total. The van der Waals surface area contributed by atoms with Gasteiger partial charge >= 0.3 is 0 Å². The number of rotatable bonds is 2. The normalized spacial score (nSPS) is 14.0. The molecule has 0 saturated heterocycles. The van der Waals surface area contributed by atoms with Gasteiger partial charge in [-0.15, -0.1) is 0 Å². The number of benzene rings is 1. The number of imidazole rings is 1. The van der Waals surface area contributed by atoms with Crippen LogP contribution in [0.2, 0.25) is 0 Å². The molecule has 1 amide bonds. The first-order chi connectivity index (χ1) is 11.5. The van der Waals surface area contributed by atoms with Gasteiger partial charge in [0.15, 0.2) is 23.8 Å². The zero-order valence-electron chi connectivity index (χ0n) is 12.7. The van der Waals surface area contributed by atoms with Gasteiger partial charge in [0.2, 0.25) is 0 Å². The Balaban J connectivity index is 1.82. The maximum Gasteiger partial charge on any atom is 0.265 e. The van der Waals surface area contributed by atoms with Crippen molar-refractivity contribution < 1.29 is 13.9 Å². The van der Waals surface area contributed by atoms with Gasteiger partial charge in [0.1, 0.15) is 4.60 Å². The SMILES string of the molecule is Cc1nc2cnc(Br)cn2c1CN1C(=O)COc2c(F)cccc21. The Morgan fingerprint density at radius 1 is 1.42 bits per heavy atom. The molecular formula is C16H12BrFN4O2. The van der Waals surface area contributed by atoms with Gasteiger partial charge in [0.05, 0.1) is 29.8 Å². The average Bonchev–Trinajstić information content (AvgIpc) is 2.85. The van der Waals surface area contributed by atoms with Crippen LogP contribution in [0, 0.1) is 12.7 Å². The molecule has 0 unspecified atom stereocenters. The summed E-state index contributed by atoms with van der Waals surface area (Å²) < 4.78 is 21.7. The molecule has 122 valence electrons. The second-order valence-corrected chi connectivity index (χ2v) is 6.25. The van der Waals surface area contributed by atoms with Crippen LogP contribution in [0.5, 0.6) is 5.75 Å². The fourth-order valence-corrected chi connectivity index (χ4v) is 3.12. The van der Waals surface area contributed by atoms with Crippen molar-refractivity contribution in [2.75, 3.05) is 11.5 Å². The highest BCUT2D eigenvalue weighted by Crippen LogP contribution is 2.35. The van der Waals surface area contributed by atoms with Crippen LogP contribution in [0.15, 0.2) is 35.2 Å². The lowest BCUT2D eigenvalue weighted by Crippen LogP contribution is -2.39. The summed E-state index contributed by atoms with van der Waals surface area (Å²) in [6, 6.07) is 4.55. The smallest absolute Gasteiger partial charge is 0.265 e. The first-order valence-corrected chi connectivity index (χ1v) is 8.04. The van der Waals surface area contributed by atoms with E-state index in [1.165, 1.54) is 11.0 Å². The molecule has 1 aromatic carbocycles. The Morgan fingerprint density at radius 2 is 2.25 bits per heavy atom. The lowest BCUT2D eigenvalue weighted by molar-refractivity contribution is -0.121. The Bertz CT molecular complexity index is 972. The molecule has 8 heteroatoms. The highest BCUT2D eigenvalue weighted by molar-refractivity contribution is 9.10. The van der Waals surface area contributed by atoms with E-state index >= 15 is 0 Å². The topological polar surface area (TPSA) is 59.7 Å². The Hall–Kier alpha value is -2.48. The van der Waals surface area contributed by atoms with Gasteiger partial charge in [-0.3, -0.25) is 14.1 Å². The third-order valence-corrected chi connectivity index (χ3v) is 4.37. The highest BCUT2D eigenvalue weighted by atomic mass is 79.9. The summed E-state index contributed by atoms with van der Waals surface area (Å²) in [7, 11) is 0. The van der Waals surface area contributed by atoms with E-state index in [4.69, 9.17) is 4.74 Å². The summed E-state index contributed by atoms with van der Waals surface area (Å²) in [6.45, 7) is 1.95. The van der Waals surface area contributed by atoms with E-state index in [2.05, 4.69) is 25.9 Å². The quantitative estimate of drug-likeness (QED) is 0.674. The van der Waals surface area contributed by atoms with Crippen molar-refractivity contribution in [2.45, 2.75) is 13.5 Å². The van der Waals surface area contributed by atoms with Crippen LogP contribution in [0.4, 0.5) is 10.1 Å². The summed E-state index contributed by atoms with van der Waals surface area (Å²) in [6.07, 6.45) is 3.44. The van der Waals surface area contributed by atoms with E-state index in [0.717, 1.165) is 11.4 Å². The van der Waals surface area contributed by atoms with E-state index in [-0.39, 0.29) is 24.8 Å². The largest absolute Gasteiger partial charge is 0.478 e. The lowest BCUT2D eigenvalue weighted by Gasteiger charge is -2.29. The van der Waals surface area contributed by atoms with Crippen LogP contribution in [0.1, 0.15) is 11.4 Å². The second-order valence-electron chi connectivity index (χ2n) is 5.44. The summed E-state index contributed by atoms with van der Waals surface area (Å²) in [5.74, 6) is -0.603. The zero-order valence-corrected chi connectivity index (χ0v) is 14.2. The molecule has 1 aliphatic rings. The van der Waals surface area contributed by atoms with Crippen LogP contribution >= 0.6 is 15.9 Å². The number of aryl methyl sites for hydroxylation is 1. The number of halogens is 2. The van der Waals surface area contributed by atoms with Gasteiger partial charge in [-0.1, -0.05) is 6.07 Å². The van der Waals surface area contributed by atoms with Crippen molar-refractivity contribution in [1.82, 2.24) is 14.4 Å².